The van der Waals surface area contributed by atoms with Gasteiger partial charge < -0.3 is 26.3 Å². The van der Waals surface area contributed by atoms with E-state index in [4.69, 9.17) is 0 Å². The van der Waals surface area contributed by atoms with Crippen molar-refractivity contribution in [2.24, 2.45) is 0 Å². The summed E-state index contributed by atoms with van der Waals surface area (Å²) in [6.45, 7) is 4.07. The molecular formula is C29H27N5O2. The van der Waals surface area contributed by atoms with Crippen LogP contribution in [0, 0.1) is 6.92 Å². The van der Waals surface area contributed by atoms with E-state index in [-0.39, 0.29) is 11.9 Å². The lowest BCUT2D eigenvalue weighted by Gasteiger charge is -2.14. The zero-order valence-corrected chi connectivity index (χ0v) is 20.1. The van der Waals surface area contributed by atoms with Gasteiger partial charge in [0.1, 0.15) is 0 Å². The number of nitrogens with one attached hydrogen (secondary N) is 5. The monoisotopic (exact) mass is 477 g/mol. The number of aromatic amines is 1. The molecule has 0 unspecified atom stereocenters. The number of carbonyl (C=O) groups excluding carboxylic acids is 2. The number of urea groups is 1. The van der Waals surface area contributed by atoms with E-state index in [1.807, 2.05) is 92.0 Å². The smallest absolute Gasteiger partial charge is 0.323 e. The number of amides is 3. The average Bonchev–Trinajstić information content (AvgIpc) is 3.49. The average molecular weight is 478 g/mol. The molecule has 0 radical (unpaired) electrons. The van der Waals surface area contributed by atoms with Gasteiger partial charge in [-0.3, -0.25) is 4.79 Å². The second-order valence-corrected chi connectivity index (χ2v) is 8.69. The molecule has 3 aromatic carbocycles. The van der Waals surface area contributed by atoms with Crippen molar-refractivity contribution in [2.75, 3.05) is 21.3 Å². The summed E-state index contributed by atoms with van der Waals surface area (Å²) in [7, 11) is 0. The number of aryl methyl sites for hydroxylation is 2. The summed E-state index contributed by atoms with van der Waals surface area (Å²) in [5, 5.41) is 12.1. The topological polar surface area (TPSA) is 98.0 Å². The van der Waals surface area contributed by atoms with Crippen LogP contribution in [0.5, 0.6) is 0 Å². The molecule has 5 rings (SSSR count). The van der Waals surface area contributed by atoms with Crippen LogP contribution >= 0.6 is 0 Å². The molecule has 2 heterocycles. The molecule has 5 N–H and O–H groups in total. The molecule has 0 saturated heterocycles. The minimum atomic E-state index is -0.306. The lowest BCUT2D eigenvalue weighted by atomic mass is 10.1. The van der Waals surface area contributed by atoms with Crippen molar-refractivity contribution in [3.05, 3.63) is 101 Å². The van der Waals surface area contributed by atoms with Crippen LogP contribution in [0.1, 0.15) is 29.3 Å². The van der Waals surface area contributed by atoms with Gasteiger partial charge in [-0.2, -0.15) is 0 Å². The first-order chi connectivity index (χ1) is 17.5. The van der Waals surface area contributed by atoms with Gasteiger partial charge in [0.25, 0.3) is 5.91 Å². The van der Waals surface area contributed by atoms with Crippen LogP contribution in [0.2, 0.25) is 0 Å². The molecule has 1 aliphatic rings. The molecule has 3 amide bonds. The highest BCUT2D eigenvalue weighted by Crippen LogP contribution is 2.36. The van der Waals surface area contributed by atoms with Crippen molar-refractivity contribution in [1.29, 1.82) is 0 Å². The minimum Gasteiger partial charge on any atom is -0.362 e. The fourth-order valence-electron chi connectivity index (χ4n) is 4.16. The lowest BCUT2D eigenvalue weighted by Crippen LogP contribution is -2.19. The van der Waals surface area contributed by atoms with Gasteiger partial charge in [0.15, 0.2) is 0 Å². The summed E-state index contributed by atoms with van der Waals surface area (Å²) in [6.07, 6.45) is 4.57. The number of carbonyl (C=O) groups is 2. The summed E-state index contributed by atoms with van der Waals surface area (Å²) in [5.41, 5.74) is 8.39. The molecule has 0 fully saturated rings. The number of anilines is 5. The van der Waals surface area contributed by atoms with Gasteiger partial charge in [-0.05, 0) is 79.1 Å². The largest absolute Gasteiger partial charge is 0.362 e. The predicted octanol–water partition coefficient (Wildman–Crippen LogP) is 6.77. The number of H-pyrrole nitrogens is 1. The molecule has 0 saturated carbocycles. The molecule has 7 heteroatoms. The number of benzene rings is 3. The van der Waals surface area contributed by atoms with Crippen LogP contribution in [0.15, 0.2) is 79.0 Å². The normalized spacial score (nSPS) is 13.3. The van der Waals surface area contributed by atoms with E-state index >= 15 is 0 Å². The van der Waals surface area contributed by atoms with Crippen molar-refractivity contribution in [1.82, 2.24) is 4.98 Å². The maximum Gasteiger partial charge on any atom is 0.323 e. The first-order valence-corrected chi connectivity index (χ1v) is 11.8. The number of hydrogen-bond acceptors (Lipinski definition) is 3. The Balaban J connectivity index is 1.31. The SMILES string of the molecule is CCc1cccc(NC(=O)Nc2ccc(C)c(Nc3ccc4c(c3)NC(=O)/C4=C\c3ccc[nH]3)c2)c1. The highest BCUT2D eigenvalue weighted by molar-refractivity contribution is 6.35. The van der Waals surface area contributed by atoms with E-state index in [1.165, 1.54) is 0 Å². The Kier molecular flexibility index (Phi) is 6.28. The summed E-state index contributed by atoms with van der Waals surface area (Å²) >= 11 is 0. The fourth-order valence-corrected chi connectivity index (χ4v) is 4.16. The molecule has 0 aliphatic carbocycles. The molecule has 1 aromatic heterocycles. The van der Waals surface area contributed by atoms with Crippen molar-refractivity contribution in [3.63, 3.8) is 0 Å². The highest BCUT2D eigenvalue weighted by atomic mass is 16.2. The maximum atomic E-state index is 12.5. The summed E-state index contributed by atoms with van der Waals surface area (Å²) in [6, 6.07) is 22.8. The van der Waals surface area contributed by atoms with Gasteiger partial charge in [-0.1, -0.05) is 31.2 Å². The van der Waals surface area contributed by atoms with E-state index in [1.54, 1.807) is 0 Å². The molecule has 0 spiro atoms. The Morgan fingerprint density at radius 3 is 2.50 bits per heavy atom. The highest BCUT2D eigenvalue weighted by Gasteiger charge is 2.24. The van der Waals surface area contributed by atoms with Crippen molar-refractivity contribution < 1.29 is 9.59 Å². The Hall–Kier alpha value is -4.78. The maximum absolute atomic E-state index is 12.5. The predicted molar refractivity (Wildman–Crippen MR) is 147 cm³/mol. The zero-order chi connectivity index (χ0) is 25.1. The number of rotatable bonds is 6. The van der Waals surface area contributed by atoms with Gasteiger partial charge in [0, 0.05) is 40.2 Å². The van der Waals surface area contributed by atoms with Crippen LogP contribution < -0.4 is 21.3 Å². The molecule has 0 bridgehead atoms. The second kappa shape index (κ2) is 9.84. The van der Waals surface area contributed by atoms with Crippen LogP contribution in [-0.4, -0.2) is 16.9 Å². The first-order valence-electron chi connectivity index (χ1n) is 11.8. The fraction of sp³-hybridized carbons (Fsp3) is 0.103. The molecular weight excluding hydrogens is 450 g/mol. The quantitative estimate of drug-likeness (QED) is 0.198. The number of aromatic nitrogens is 1. The van der Waals surface area contributed by atoms with Gasteiger partial charge in [0.2, 0.25) is 0 Å². The van der Waals surface area contributed by atoms with E-state index in [0.29, 0.717) is 11.3 Å². The second-order valence-electron chi connectivity index (χ2n) is 8.69. The standard InChI is InChI=1S/C29H27N5O2/c1-3-19-6-4-7-21(14-19)32-29(36)33-23-10-9-18(2)26(16-23)31-22-11-12-24-25(15-20-8-5-13-30-20)28(35)34-27(24)17-22/h4-17,30-31H,3H2,1-2H3,(H,34,35)(H2,32,33,36)/b25-15-. The molecule has 4 aromatic rings. The van der Waals surface area contributed by atoms with Gasteiger partial charge in [-0.25, -0.2) is 4.79 Å². The van der Waals surface area contributed by atoms with Crippen LogP contribution in [-0.2, 0) is 11.2 Å². The third-order valence-corrected chi connectivity index (χ3v) is 6.09. The van der Waals surface area contributed by atoms with E-state index in [0.717, 1.165) is 51.6 Å². The molecule has 180 valence electrons. The van der Waals surface area contributed by atoms with Crippen LogP contribution in [0.3, 0.4) is 0 Å². The van der Waals surface area contributed by atoms with E-state index in [2.05, 4.69) is 33.2 Å². The van der Waals surface area contributed by atoms with Gasteiger partial charge >= 0.3 is 6.03 Å². The molecule has 36 heavy (non-hydrogen) atoms. The van der Waals surface area contributed by atoms with Crippen molar-refractivity contribution >= 4 is 52.0 Å². The van der Waals surface area contributed by atoms with Crippen LogP contribution in [0.4, 0.5) is 33.2 Å². The summed E-state index contributed by atoms with van der Waals surface area (Å²) in [5.74, 6) is -0.130. The molecule has 0 atom stereocenters. The summed E-state index contributed by atoms with van der Waals surface area (Å²) in [4.78, 5) is 28.2. The lowest BCUT2D eigenvalue weighted by molar-refractivity contribution is -0.110. The van der Waals surface area contributed by atoms with Gasteiger partial charge in [-0.15, -0.1) is 0 Å². The molecule has 1 aliphatic heterocycles. The third kappa shape index (κ3) is 5.00. The Morgan fingerprint density at radius 2 is 1.72 bits per heavy atom. The zero-order valence-electron chi connectivity index (χ0n) is 20.1. The first kappa shape index (κ1) is 23.0. The Bertz CT molecular complexity index is 1470. The van der Waals surface area contributed by atoms with Crippen molar-refractivity contribution in [3.8, 4) is 0 Å². The Morgan fingerprint density at radius 1 is 0.917 bits per heavy atom. The van der Waals surface area contributed by atoms with Crippen molar-refractivity contribution in [2.45, 2.75) is 20.3 Å². The Labute approximate surface area is 209 Å². The number of fused-ring (bicyclic) bond motifs is 1. The summed E-state index contributed by atoms with van der Waals surface area (Å²) < 4.78 is 0. The van der Waals surface area contributed by atoms with E-state index in [9.17, 15) is 9.59 Å². The van der Waals surface area contributed by atoms with E-state index < -0.39 is 0 Å². The number of hydrogen-bond donors (Lipinski definition) is 5. The van der Waals surface area contributed by atoms with Gasteiger partial charge in [0.05, 0.1) is 11.3 Å². The minimum absolute atomic E-state index is 0.130. The molecule has 7 nitrogen and oxygen atoms in total. The third-order valence-electron chi connectivity index (χ3n) is 6.09. The van der Waals surface area contributed by atoms with Crippen LogP contribution in [0.25, 0.3) is 11.6 Å².